The smallest absolute Gasteiger partial charge is 0.310 e. The molecule has 0 spiro atoms. The maximum absolute atomic E-state index is 12.5. The molecule has 5 rings (SSSR count). The molecule has 7 heteroatoms. The third-order valence-electron chi connectivity index (χ3n) is 5.56. The first kappa shape index (κ1) is 19.4. The van der Waals surface area contributed by atoms with Gasteiger partial charge in [-0.15, -0.1) is 0 Å². The number of hydrogen-bond donors (Lipinski definition) is 2. The Hall–Kier alpha value is -3.58. The van der Waals surface area contributed by atoms with Gasteiger partial charge in [0.2, 0.25) is 0 Å². The highest BCUT2D eigenvalue weighted by Gasteiger charge is 2.35. The number of hydrogen-bond acceptors (Lipinski definition) is 5. The number of fused-ring (bicyclic) bond motifs is 2. The molecule has 158 valence electrons. The summed E-state index contributed by atoms with van der Waals surface area (Å²) >= 11 is 0. The first-order valence-electron chi connectivity index (χ1n) is 10.2. The summed E-state index contributed by atoms with van der Waals surface area (Å²) in [6, 6.07) is 15.6. The van der Waals surface area contributed by atoms with E-state index in [0.717, 1.165) is 32.9 Å². The number of rotatable bonds is 6. The van der Waals surface area contributed by atoms with E-state index in [1.54, 1.807) is 0 Å². The zero-order chi connectivity index (χ0) is 21.2. The average molecular weight is 418 g/mol. The number of carbonyl (C=O) groups excluding carboxylic acids is 2. The molecule has 0 radical (unpaired) electrons. The lowest BCUT2D eigenvalue weighted by molar-refractivity contribution is -0.162. The second kappa shape index (κ2) is 8.28. The first-order valence-corrected chi connectivity index (χ1v) is 10.2. The Balaban J connectivity index is 1.19. The summed E-state index contributed by atoms with van der Waals surface area (Å²) in [7, 11) is 0. The summed E-state index contributed by atoms with van der Waals surface area (Å²) < 4.78 is 16.6. The molecule has 1 aliphatic heterocycles. The summed E-state index contributed by atoms with van der Waals surface area (Å²) in [5.41, 5.74) is 3.68. The van der Waals surface area contributed by atoms with E-state index >= 15 is 0 Å². The molecule has 0 aliphatic carbocycles. The molecule has 4 aromatic rings. The lowest BCUT2D eigenvalue weighted by Crippen LogP contribution is -2.34. The van der Waals surface area contributed by atoms with Crippen LogP contribution in [0.5, 0.6) is 0 Å². The van der Waals surface area contributed by atoms with Crippen molar-refractivity contribution >= 4 is 33.7 Å². The molecule has 0 unspecified atom stereocenters. The second-order valence-corrected chi connectivity index (χ2v) is 7.67. The van der Waals surface area contributed by atoms with Gasteiger partial charge in [0, 0.05) is 34.2 Å². The Morgan fingerprint density at radius 2 is 1.23 bits per heavy atom. The fraction of sp³-hybridized carbons (Fsp3) is 0.250. The maximum atomic E-state index is 12.5. The zero-order valence-corrected chi connectivity index (χ0v) is 16.8. The van der Waals surface area contributed by atoms with Crippen molar-refractivity contribution in [3.8, 4) is 0 Å². The highest BCUT2D eigenvalue weighted by Crippen LogP contribution is 2.22. The van der Waals surface area contributed by atoms with Crippen LogP contribution in [0, 0.1) is 0 Å². The first-order chi connectivity index (χ1) is 15.2. The van der Waals surface area contributed by atoms with Crippen molar-refractivity contribution < 1.29 is 23.8 Å². The Labute approximate surface area is 178 Å². The number of aromatic amines is 2. The Kier molecular flexibility index (Phi) is 5.18. The molecule has 3 heterocycles. The number of nitrogens with one attached hydrogen (secondary N) is 2. The monoisotopic (exact) mass is 418 g/mol. The van der Waals surface area contributed by atoms with E-state index in [1.807, 2.05) is 60.9 Å². The Morgan fingerprint density at radius 1 is 0.774 bits per heavy atom. The summed E-state index contributed by atoms with van der Waals surface area (Å²) in [5, 5.41) is 1.98. The third kappa shape index (κ3) is 4.04. The molecule has 2 aromatic carbocycles. The van der Waals surface area contributed by atoms with Crippen LogP contribution in [0.3, 0.4) is 0 Å². The minimum Gasteiger partial charge on any atom is -0.456 e. The number of aromatic nitrogens is 2. The summed E-state index contributed by atoms with van der Waals surface area (Å²) in [6.45, 7) is 0.426. The van der Waals surface area contributed by atoms with Crippen molar-refractivity contribution in [3.63, 3.8) is 0 Å². The van der Waals surface area contributed by atoms with Crippen LogP contribution in [0.1, 0.15) is 11.1 Å². The van der Waals surface area contributed by atoms with Crippen molar-refractivity contribution in [2.75, 3.05) is 13.2 Å². The molecule has 0 bridgehead atoms. The fourth-order valence-electron chi connectivity index (χ4n) is 4.02. The van der Waals surface area contributed by atoms with Crippen molar-refractivity contribution in [1.29, 1.82) is 0 Å². The molecule has 2 N–H and O–H groups in total. The van der Waals surface area contributed by atoms with Gasteiger partial charge in [0.25, 0.3) is 0 Å². The molecule has 1 saturated heterocycles. The average Bonchev–Trinajstić information content (AvgIpc) is 3.49. The van der Waals surface area contributed by atoms with Crippen LogP contribution < -0.4 is 0 Å². The van der Waals surface area contributed by atoms with Gasteiger partial charge >= 0.3 is 11.9 Å². The summed E-state index contributed by atoms with van der Waals surface area (Å²) in [4.78, 5) is 31.3. The van der Waals surface area contributed by atoms with Crippen LogP contribution in [0.4, 0.5) is 0 Å². The van der Waals surface area contributed by atoms with E-state index in [2.05, 4.69) is 9.97 Å². The zero-order valence-electron chi connectivity index (χ0n) is 16.8. The van der Waals surface area contributed by atoms with E-state index in [-0.39, 0.29) is 38.0 Å². The Morgan fingerprint density at radius 3 is 1.71 bits per heavy atom. The molecule has 0 amide bonds. The van der Waals surface area contributed by atoms with Gasteiger partial charge in [0.1, 0.15) is 0 Å². The molecule has 31 heavy (non-hydrogen) atoms. The lowest BCUT2D eigenvalue weighted by atomic mass is 10.1. The molecular formula is C24H22N2O5. The van der Waals surface area contributed by atoms with Crippen LogP contribution in [-0.4, -0.2) is 47.3 Å². The SMILES string of the molecule is O=C(Cc1c[nH]c2ccccc12)O[C@H]1COC[C@@H]1OC(=O)Cc1c[nH]c2ccccc12. The van der Waals surface area contributed by atoms with Crippen LogP contribution >= 0.6 is 0 Å². The van der Waals surface area contributed by atoms with Crippen molar-refractivity contribution in [2.45, 2.75) is 25.0 Å². The van der Waals surface area contributed by atoms with Gasteiger partial charge in [-0.05, 0) is 23.3 Å². The summed E-state index contributed by atoms with van der Waals surface area (Å²) in [6.07, 6.45) is 2.69. The fourth-order valence-corrected chi connectivity index (χ4v) is 4.02. The van der Waals surface area contributed by atoms with Gasteiger partial charge in [-0.2, -0.15) is 0 Å². The van der Waals surface area contributed by atoms with Gasteiger partial charge in [0.05, 0.1) is 26.1 Å². The number of para-hydroxylation sites is 2. The van der Waals surface area contributed by atoms with Crippen molar-refractivity contribution in [2.24, 2.45) is 0 Å². The lowest BCUT2D eigenvalue weighted by Gasteiger charge is -2.18. The normalized spacial score (nSPS) is 18.5. The minimum absolute atomic E-state index is 0.135. The van der Waals surface area contributed by atoms with Gasteiger partial charge < -0.3 is 24.2 Å². The second-order valence-electron chi connectivity index (χ2n) is 7.67. The van der Waals surface area contributed by atoms with Crippen molar-refractivity contribution in [3.05, 3.63) is 72.1 Å². The number of ether oxygens (including phenoxy) is 3. The predicted octanol–water partition coefficient (Wildman–Crippen LogP) is 3.29. The summed E-state index contributed by atoms with van der Waals surface area (Å²) in [5.74, 6) is -0.754. The van der Waals surface area contributed by atoms with Crippen LogP contribution in [0.25, 0.3) is 21.8 Å². The minimum atomic E-state index is -0.607. The van der Waals surface area contributed by atoms with Crippen molar-refractivity contribution in [1.82, 2.24) is 9.97 Å². The number of H-pyrrole nitrogens is 2. The van der Waals surface area contributed by atoms with Gasteiger partial charge in [0.15, 0.2) is 12.2 Å². The van der Waals surface area contributed by atoms with E-state index in [9.17, 15) is 9.59 Å². The molecule has 2 aromatic heterocycles. The van der Waals surface area contributed by atoms with E-state index in [4.69, 9.17) is 14.2 Å². The standard InChI is InChI=1S/C24H22N2O5/c27-23(9-15-11-25-19-7-3-1-5-17(15)19)30-21-13-29-14-22(21)31-24(28)10-16-12-26-20-8-4-2-6-18(16)20/h1-8,11-12,21-22,25-26H,9-10,13-14H2/t21-,22-/m0/s1. The topological polar surface area (TPSA) is 93.4 Å². The largest absolute Gasteiger partial charge is 0.456 e. The number of carbonyl (C=O) groups is 2. The van der Waals surface area contributed by atoms with Gasteiger partial charge in [-0.3, -0.25) is 9.59 Å². The molecule has 1 aliphatic rings. The third-order valence-corrected chi connectivity index (χ3v) is 5.56. The molecule has 2 atom stereocenters. The van der Waals surface area contributed by atoms with E-state index < -0.39 is 12.2 Å². The van der Waals surface area contributed by atoms with Gasteiger partial charge in [-0.1, -0.05) is 36.4 Å². The quantitative estimate of drug-likeness (QED) is 0.469. The molecule has 1 fully saturated rings. The highest BCUT2D eigenvalue weighted by atomic mass is 16.6. The number of esters is 2. The highest BCUT2D eigenvalue weighted by molar-refractivity contribution is 5.88. The van der Waals surface area contributed by atoms with E-state index in [0.29, 0.717) is 0 Å². The van der Waals surface area contributed by atoms with E-state index in [1.165, 1.54) is 0 Å². The number of benzene rings is 2. The van der Waals surface area contributed by atoms with Crippen LogP contribution in [-0.2, 0) is 36.6 Å². The predicted molar refractivity (Wildman–Crippen MR) is 115 cm³/mol. The maximum Gasteiger partial charge on any atom is 0.310 e. The van der Waals surface area contributed by atoms with Gasteiger partial charge in [-0.25, -0.2) is 0 Å². The molecule has 7 nitrogen and oxygen atoms in total. The van der Waals surface area contributed by atoms with Crippen LogP contribution in [0.2, 0.25) is 0 Å². The molecular weight excluding hydrogens is 396 g/mol. The molecule has 0 saturated carbocycles. The Bertz CT molecular complexity index is 1140. The van der Waals surface area contributed by atoms with Crippen LogP contribution in [0.15, 0.2) is 60.9 Å².